The van der Waals surface area contributed by atoms with Gasteiger partial charge in [0, 0.05) is 11.0 Å². The summed E-state index contributed by atoms with van der Waals surface area (Å²) in [4.78, 5) is 0. The maximum Gasteiger partial charge on any atom is 0.0586 e. The standard InChI is InChI=1S/C11H16O/c1-5-10-8(2)6-9(12)7-11(10,3)4/h1,9,12H,6-7H2,2-4H3/t9-/m1/s1. The quantitative estimate of drug-likeness (QED) is 0.544. The molecule has 0 aromatic carbocycles. The molecule has 1 N–H and O–H groups in total. The number of allylic oxidation sites excluding steroid dienone is 1. The molecule has 0 unspecified atom stereocenters. The van der Waals surface area contributed by atoms with Gasteiger partial charge in [0.25, 0.3) is 0 Å². The molecular formula is C11H16O. The Balaban J connectivity index is 3.06. The Bertz CT molecular complexity index is 253. The van der Waals surface area contributed by atoms with Crippen LogP contribution in [0.25, 0.3) is 0 Å². The highest BCUT2D eigenvalue weighted by Crippen LogP contribution is 2.39. The van der Waals surface area contributed by atoms with Crippen molar-refractivity contribution in [1.82, 2.24) is 0 Å². The molecule has 0 radical (unpaired) electrons. The van der Waals surface area contributed by atoms with Crippen molar-refractivity contribution in [3.05, 3.63) is 11.1 Å². The lowest BCUT2D eigenvalue weighted by molar-refractivity contribution is 0.117. The molecule has 0 aliphatic heterocycles. The van der Waals surface area contributed by atoms with Gasteiger partial charge in [-0.15, -0.1) is 6.42 Å². The summed E-state index contributed by atoms with van der Waals surface area (Å²) in [6.45, 7) is 6.20. The third-order valence-corrected chi connectivity index (χ3v) is 2.54. The highest BCUT2D eigenvalue weighted by molar-refractivity contribution is 5.38. The Morgan fingerprint density at radius 3 is 2.58 bits per heavy atom. The second-order valence-electron chi connectivity index (χ2n) is 4.25. The van der Waals surface area contributed by atoms with Gasteiger partial charge in [-0.3, -0.25) is 0 Å². The van der Waals surface area contributed by atoms with Crippen LogP contribution in [0.15, 0.2) is 11.1 Å². The first kappa shape index (κ1) is 9.35. The van der Waals surface area contributed by atoms with Crippen LogP contribution in [0, 0.1) is 17.8 Å². The van der Waals surface area contributed by atoms with Crippen LogP contribution in [0.5, 0.6) is 0 Å². The van der Waals surface area contributed by atoms with Crippen LogP contribution in [0.2, 0.25) is 0 Å². The molecule has 0 heterocycles. The Labute approximate surface area is 74.5 Å². The molecule has 0 aromatic rings. The van der Waals surface area contributed by atoms with E-state index in [0.29, 0.717) is 0 Å². The van der Waals surface area contributed by atoms with Gasteiger partial charge in [-0.25, -0.2) is 0 Å². The van der Waals surface area contributed by atoms with Crippen LogP contribution in [-0.2, 0) is 0 Å². The molecule has 0 aromatic heterocycles. The van der Waals surface area contributed by atoms with Gasteiger partial charge in [0.1, 0.15) is 0 Å². The van der Waals surface area contributed by atoms with E-state index < -0.39 is 0 Å². The summed E-state index contributed by atoms with van der Waals surface area (Å²) in [5.74, 6) is 2.73. The smallest absolute Gasteiger partial charge is 0.0586 e. The van der Waals surface area contributed by atoms with Gasteiger partial charge < -0.3 is 5.11 Å². The van der Waals surface area contributed by atoms with Crippen molar-refractivity contribution < 1.29 is 5.11 Å². The molecule has 66 valence electrons. The fourth-order valence-electron chi connectivity index (χ4n) is 2.12. The van der Waals surface area contributed by atoms with Crippen LogP contribution in [-0.4, -0.2) is 11.2 Å². The summed E-state index contributed by atoms with van der Waals surface area (Å²) in [6, 6.07) is 0. The van der Waals surface area contributed by atoms with Gasteiger partial charge in [0.2, 0.25) is 0 Å². The number of hydrogen-bond donors (Lipinski definition) is 1. The van der Waals surface area contributed by atoms with Crippen molar-refractivity contribution in [1.29, 1.82) is 0 Å². The van der Waals surface area contributed by atoms with E-state index in [1.54, 1.807) is 0 Å². The van der Waals surface area contributed by atoms with Gasteiger partial charge in [-0.05, 0) is 19.8 Å². The number of aliphatic hydroxyl groups is 1. The van der Waals surface area contributed by atoms with Crippen molar-refractivity contribution in [2.24, 2.45) is 5.41 Å². The molecule has 0 bridgehead atoms. The minimum atomic E-state index is -0.211. The van der Waals surface area contributed by atoms with E-state index in [1.165, 1.54) is 5.57 Å². The second kappa shape index (κ2) is 2.95. The lowest BCUT2D eigenvalue weighted by atomic mass is 9.72. The molecule has 12 heavy (non-hydrogen) atoms. The zero-order valence-corrected chi connectivity index (χ0v) is 8.02. The monoisotopic (exact) mass is 164 g/mol. The van der Waals surface area contributed by atoms with Gasteiger partial charge in [-0.1, -0.05) is 25.3 Å². The summed E-state index contributed by atoms with van der Waals surface area (Å²) < 4.78 is 0. The van der Waals surface area contributed by atoms with Crippen LogP contribution >= 0.6 is 0 Å². The molecule has 0 spiro atoms. The Morgan fingerprint density at radius 1 is 1.58 bits per heavy atom. The van der Waals surface area contributed by atoms with Crippen LogP contribution in [0.4, 0.5) is 0 Å². The van der Waals surface area contributed by atoms with E-state index in [1.807, 2.05) is 6.92 Å². The fourth-order valence-corrected chi connectivity index (χ4v) is 2.12. The van der Waals surface area contributed by atoms with Crippen LogP contribution < -0.4 is 0 Å². The minimum absolute atomic E-state index is 0.0174. The van der Waals surface area contributed by atoms with E-state index >= 15 is 0 Å². The molecule has 1 aliphatic carbocycles. The summed E-state index contributed by atoms with van der Waals surface area (Å²) in [5.41, 5.74) is 2.23. The number of aliphatic hydroxyl groups excluding tert-OH is 1. The Morgan fingerprint density at radius 2 is 2.17 bits per heavy atom. The maximum atomic E-state index is 9.53. The first-order chi connectivity index (χ1) is 5.47. The highest BCUT2D eigenvalue weighted by Gasteiger charge is 2.31. The summed E-state index contributed by atoms with van der Waals surface area (Å²) >= 11 is 0. The van der Waals surface area contributed by atoms with E-state index in [2.05, 4.69) is 19.8 Å². The lowest BCUT2D eigenvalue weighted by Crippen LogP contribution is -2.28. The highest BCUT2D eigenvalue weighted by atomic mass is 16.3. The Kier molecular flexibility index (Phi) is 2.30. The largest absolute Gasteiger partial charge is 0.393 e. The summed E-state index contributed by atoms with van der Waals surface area (Å²) in [6.07, 6.45) is 6.73. The van der Waals surface area contributed by atoms with E-state index in [0.717, 1.165) is 18.4 Å². The molecule has 0 fully saturated rings. The van der Waals surface area contributed by atoms with E-state index in [-0.39, 0.29) is 11.5 Å². The predicted molar refractivity (Wildman–Crippen MR) is 50.6 cm³/mol. The SMILES string of the molecule is C#CC1=C(C)C[C@@H](O)CC1(C)C. The predicted octanol–water partition coefficient (Wildman–Crippen LogP) is 2.12. The lowest BCUT2D eigenvalue weighted by Gasteiger charge is -2.34. The zero-order valence-electron chi connectivity index (χ0n) is 8.02. The van der Waals surface area contributed by atoms with Gasteiger partial charge in [-0.2, -0.15) is 0 Å². The first-order valence-corrected chi connectivity index (χ1v) is 4.32. The van der Waals surface area contributed by atoms with Crippen molar-refractivity contribution in [2.75, 3.05) is 0 Å². The second-order valence-corrected chi connectivity index (χ2v) is 4.25. The molecule has 1 aliphatic rings. The summed E-state index contributed by atoms with van der Waals surface area (Å²) in [5, 5.41) is 9.53. The van der Waals surface area contributed by atoms with Crippen LogP contribution in [0.1, 0.15) is 33.6 Å². The van der Waals surface area contributed by atoms with Gasteiger partial charge in [0.15, 0.2) is 0 Å². The fraction of sp³-hybridized carbons (Fsp3) is 0.636. The number of rotatable bonds is 0. The van der Waals surface area contributed by atoms with Crippen LogP contribution in [0.3, 0.4) is 0 Å². The van der Waals surface area contributed by atoms with E-state index in [9.17, 15) is 5.11 Å². The molecule has 0 saturated heterocycles. The molecule has 0 amide bonds. The van der Waals surface area contributed by atoms with Crippen molar-refractivity contribution in [3.8, 4) is 12.3 Å². The van der Waals surface area contributed by atoms with E-state index in [4.69, 9.17) is 6.42 Å². The molecule has 1 atom stereocenters. The zero-order chi connectivity index (χ0) is 9.35. The third-order valence-electron chi connectivity index (χ3n) is 2.54. The van der Waals surface area contributed by atoms with Crippen molar-refractivity contribution in [2.45, 2.75) is 39.7 Å². The molecular weight excluding hydrogens is 148 g/mol. The molecule has 1 heteroatoms. The topological polar surface area (TPSA) is 20.2 Å². The number of hydrogen-bond acceptors (Lipinski definition) is 1. The van der Waals surface area contributed by atoms with Gasteiger partial charge >= 0.3 is 0 Å². The first-order valence-electron chi connectivity index (χ1n) is 4.32. The average molecular weight is 164 g/mol. The number of terminal acetylenes is 1. The molecule has 1 rings (SSSR count). The summed E-state index contributed by atoms with van der Waals surface area (Å²) in [7, 11) is 0. The Hall–Kier alpha value is -0.740. The van der Waals surface area contributed by atoms with Crippen molar-refractivity contribution in [3.63, 3.8) is 0 Å². The maximum absolute atomic E-state index is 9.53. The average Bonchev–Trinajstić information content (AvgIpc) is 1.82. The molecule has 1 nitrogen and oxygen atoms in total. The van der Waals surface area contributed by atoms with Gasteiger partial charge in [0.05, 0.1) is 6.10 Å². The molecule has 0 saturated carbocycles. The normalized spacial score (nSPS) is 28.4. The van der Waals surface area contributed by atoms with Crippen molar-refractivity contribution >= 4 is 0 Å². The third kappa shape index (κ3) is 1.54. The minimum Gasteiger partial charge on any atom is -0.393 e.